The lowest BCUT2D eigenvalue weighted by atomic mass is 10.1. The summed E-state index contributed by atoms with van der Waals surface area (Å²) in [4.78, 5) is 0. The molecule has 0 bridgehead atoms. The van der Waals surface area contributed by atoms with Crippen molar-refractivity contribution >= 4 is 11.8 Å². The second-order valence-electron chi connectivity index (χ2n) is 3.47. The van der Waals surface area contributed by atoms with Crippen LogP contribution in [0.3, 0.4) is 0 Å². The Bertz CT molecular complexity index is 115. The normalized spacial score (nSPS) is 12.8. The molecular formula is C11H23NS. The predicted molar refractivity (Wildman–Crippen MR) is 64.3 cm³/mol. The Morgan fingerprint density at radius 3 is 2.69 bits per heavy atom. The van der Waals surface area contributed by atoms with Crippen molar-refractivity contribution in [1.82, 2.24) is 0 Å². The van der Waals surface area contributed by atoms with Crippen molar-refractivity contribution in [2.45, 2.75) is 44.6 Å². The molecule has 0 aliphatic heterocycles. The van der Waals surface area contributed by atoms with Gasteiger partial charge in [-0.3, -0.25) is 0 Å². The van der Waals surface area contributed by atoms with Crippen molar-refractivity contribution in [3.8, 4) is 0 Å². The van der Waals surface area contributed by atoms with Gasteiger partial charge in [-0.05, 0) is 37.7 Å². The summed E-state index contributed by atoms with van der Waals surface area (Å²) in [6.07, 6.45) is 11.5. The van der Waals surface area contributed by atoms with Crippen LogP contribution in [0.25, 0.3) is 0 Å². The number of nitrogens with two attached hydrogens (primary N) is 1. The Hall–Kier alpha value is 0.0500. The average Bonchev–Trinajstić information content (AvgIpc) is 2.14. The molecule has 0 rings (SSSR count). The van der Waals surface area contributed by atoms with E-state index in [1.807, 2.05) is 17.8 Å². The van der Waals surface area contributed by atoms with Gasteiger partial charge in [-0.1, -0.05) is 18.9 Å². The molecule has 0 fully saturated rings. The summed E-state index contributed by atoms with van der Waals surface area (Å²) < 4.78 is 0. The van der Waals surface area contributed by atoms with Crippen molar-refractivity contribution in [1.29, 1.82) is 0 Å². The van der Waals surface area contributed by atoms with E-state index in [4.69, 9.17) is 5.73 Å². The zero-order valence-electron chi connectivity index (χ0n) is 8.80. The van der Waals surface area contributed by atoms with Gasteiger partial charge in [0, 0.05) is 6.04 Å². The van der Waals surface area contributed by atoms with E-state index in [-0.39, 0.29) is 0 Å². The number of rotatable bonds is 9. The smallest absolute Gasteiger partial charge is 0.00466 e. The molecule has 1 nitrogen and oxygen atoms in total. The quantitative estimate of drug-likeness (QED) is 0.458. The highest BCUT2D eigenvalue weighted by atomic mass is 32.2. The van der Waals surface area contributed by atoms with Gasteiger partial charge >= 0.3 is 0 Å². The van der Waals surface area contributed by atoms with Gasteiger partial charge in [-0.25, -0.2) is 0 Å². The van der Waals surface area contributed by atoms with Gasteiger partial charge in [0.15, 0.2) is 0 Å². The second kappa shape index (κ2) is 10.1. The van der Waals surface area contributed by atoms with E-state index in [1.54, 1.807) is 0 Å². The zero-order chi connectivity index (χ0) is 9.94. The molecule has 0 aromatic carbocycles. The van der Waals surface area contributed by atoms with E-state index in [0.29, 0.717) is 6.04 Å². The molecule has 0 aromatic rings. The summed E-state index contributed by atoms with van der Waals surface area (Å²) in [5.41, 5.74) is 5.94. The predicted octanol–water partition coefficient (Wildman–Crippen LogP) is 3.20. The highest BCUT2D eigenvalue weighted by Crippen LogP contribution is 2.08. The minimum absolute atomic E-state index is 0.427. The molecule has 13 heavy (non-hydrogen) atoms. The maximum atomic E-state index is 5.94. The molecule has 1 atom stereocenters. The fraction of sp³-hybridized carbons (Fsp3) is 0.818. The fourth-order valence-electron chi connectivity index (χ4n) is 1.29. The van der Waals surface area contributed by atoms with E-state index < -0.39 is 0 Å². The van der Waals surface area contributed by atoms with Gasteiger partial charge in [0.2, 0.25) is 0 Å². The summed E-state index contributed by atoms with van der Waals surface area (Å²) in [5.74, 6) is 1.20. The van der Waals surface area contributed by atoms with Crippen molar-refractivity contribution in [2.24, 2.45) is 5.73 Å². The molecule has 2 heteroatoms. The molecule has 0 aliphatic carbocycles. The van der Waals surface area contributed by atoms with Crippen LogP contribution in [0.5, 0.6) is 0 Å². The monoisotopic (exact) mass is 201 g/mol. The summed E-state index contributed by atoms with van der Waals surface area (Å²) in [7, 11) is 0. The minimum Gasteiger partial charge on any atom is -0.328 e. The second-order valence-corrected chi connectivity index (χ2v) is 4.45. The number of hydrogen-bond acceptors (Lipinski definition) is 2. The van der Waals surface area contributed by atoms with Crippen LogP contribution in [0.2, 0.25) is 0 Å². The Morgan fingerprint density at radius 2 is 2.08 bits per heavy atom. The first-order valence-corrected chi connectivity index (χ1v) is 6.56. The van der Waals surface area contributed by atoms with Gasteiger partial charge in [0.1, 0.15) is 0 Å². The number of unbranched alkanes of at least 4 members (excludes halogenated alkanes) is 3. The van der Waals surface area contributed by atoms with Crippen LogP contribution >= 0.6 is 11.8 Å². The molecule has 0 saturated heterocycles. The largest absolute Gasteiger partial charge is 0.328 e. The third-order valence-corrected chi connectivity index (χ3v) is 2.82. The minimum atomic E-state index is 0.427. The highest BCUT2D eigenvalue weighted by Gasteiger charge is 2.00. The average molecular weight is 201 g/mol. The van der Waals surface area contributed by atoms with Gasteiger partial charge in [0.25, 0.3) is 0 Å². The maximum Gasteiger partial charge on any atom is 0.00466 e. The van der Waals surface area contributed by atoms with Crippen LogP contribution in [0, 0.1) is 0 Å². The first kappa shape index (κ1) is 13.1. The molecule has 0 saturated carbocycles. The Morgan fingerprint density at radius 1 is 1.31 bits per heavy atom. The summed E-state index contributed by atoms with van der Waals surface area (Å²) in [6, 6.07) is 0.427. The number of hydrogen-bond donors (Lipinski definition) is 1. The summed E-state index contributed by atoms with van der Waals surface area (Å²) in [5, 5.41) is 0. The topological polar surface area (TPSA) is 26.0 Å². The lowest BCUT2D eigenvalue weighted by Crippen LogP contribution is -2.20. The van der Waals surface area contributed by atoms with Gasteiger partial charge < -0.3 is 5.73 Å². The van der Waals surface area contributed by atoms with E-state index in [2.05, 4.69) is 12.8 Å². The van der Waals surface area contributed by atoms with Crippen LogP contribution in [0.4, 0.5) is 0 Å². The van der Waals surface area contributed by atoms with Crippen LogP contribution in [-0.2, 0) is 0 Å². The van der Waals surface area contributed by atoms with E-state index >= 15 is 0 Å². The van der Waals surface area contributed by atoms with Crippen LogP contribution in [0.15, 0.2) is 12.7 Å². The molecule has 0 heterocycles. The van der Waals surface area contributed by atoms with Crippen molar-refractivity contribution in [2.75, 3.05) is 12.0 Å². The molecular weight excluding hydrogens is 178 g/mol. The lowest BCUT2D eigenvalue weighted by molar-refractivity contribution is 0.544. The first-order chi connectivity index (χ1) is 6.31. The van der Waals surface area contributed by atoms with Crippen LogP contribution < -0.4 is 5.73 Å². The molecule has 0 aliphatic rings. The Labute approximate surface area is 87.2 Å². The Kier molecular flexibility index (Phi) is 10.2. The first-order valence-electron chi connectivity index (χ1n) is 5.16. The van der Waals surface area contributed by atoms with E-state index in [1.165, 1.54) is 37.9 Å². The molecule has 1 unspecified atom stereocenters. The van der Waals surface area contributed by atoms with Crippen molar-refractivity contribution in [3.05, 3.63) is 12.7 Å². The summed E-state index contributed by atoms with van der Waals surface area (Å²) >= 11 is 1.88. The van der Waals surface area contributed by atoms with Gasteiger partial charge in [0.05, 0.1) is 0 Å². The van der Waals surface area contributed by atoms with Gasteiger partial charge in [-0.2, -0.15) is 11.8 Å². The van der Waals surface area contributed by atoms with Crippen molar-refractivity contribution < 1.29 is 0 Å². The number of thioether (sulfide) groups is 1. The summed E-state index contributed by atoms with van der Waals surface area (Å²) in [6.45, 7) is 3.71. The highest BCUT2D eigenvalue weighted by molar-refractivity contribution is 7.98. The lowest BCUT2D eigenvalue weighted by Gasteiger charge is -2.09. The SMILES string of the molecule is C=CCCCCCC(N)CCSC. The van der Waals surface area contributed by atoms with Gasteiger partial charge in [-0.15, -0.1) is 6.58 Å². The molecule has 0 radical (unpaired) electrons. The van der Waals surface area contributed by atoms with E-state index in [0.717, 1.165) is 6.42 Å². The molecule has 0 aromatic heterocycles. The maximum absolute atomic E-state index is 5.94. The number of allylic oxidation sites excluding steroid dienone is 1. The third kappa shape index (κ3) is 9.97. The van der Waals surface area contributed by atoms with E-state index in [9.17, 15) is 0 Å². The third-order valence-electron chi connectivity index (χ3n) is 2.18. The van der Waals surface area contributed by atoms with Crippen LogP contribution in [0.1, 0.15) is 38.5 Å². The molecule has 0 spiro atoms. The van der Waals surface area contributed by atoms with Crippen molar-refractivity contribution in [3.63, 3.8) is 0 Å². The fourth-order valence-corrected chi connectivity index (χ4v) is 1.82. The standard InChI is InChI=1S/C11H23NS/c1-3-4-5-6-7-8-11(12)9-10-13-2/h3,11H,1,4-10,12H2,2H3. The zero-order valence-corrected chi connectivity index (χ0v) is 9.61. The molecule has 78 valence electrons. The molecule has 0 amide bonds. The van der Waals surface area contributed by atoms with Crippen LogP contribution in [-0.4, -0.2) is 18.1 Å². The Balaban J connectivity index is 3.07. The molecule has 2 N–H and O–H groups in total.